The van der Waals surface area contributed by atoms with E-state index in [1.807, 2.05) is 43.3 Å². The summed E-state index contributed by atoms with van der Waals surface area (Å²) in [6.45, 7) is 5.42. The second kappa shape index (κ2) is 11.3. The smallest absolute Gasteiger partial charge is 0.268 e. The molecule has 1 fully saturated rings. The van der Waals surface area contributed by atoms with E-state index in [2.05, 4.69) is 36.6 Å². The van der Waals surface area contributed by atoms with E-state index in [4.69, 9.17) is 21.1 Å². The van der Waals surface area contributed by atoms with Crippen molar-refractivity contribution in [1.82, 2.24) is 24.6 Å². The van der Waals surface area contributed by atoms with E-state index in [1.54, 1.807) is 13.1 Å². The molecule has 0 unspecified atom stereocenters. The Morgan fingerprint density at radius 2 is 1.75 bits per heavy atom. The highest BCUT2D eigenvalue weighted by Gasteiger charge is 2.25. The lowest BCUT2D eigenvalue weighted by molar-refractivity contribution is 0.312. The van der Waals surface area contributed by atoms with Crippen molar-refractivity contribution in [2.75, 3.05) is 50.0 Å². The fourth-order valence-corrected chi connectivity index (χ4v) is 5.65. The zero-order valence-corrected chi connectivity index (χ0v) is 24.2. The highest BCUT2D eigenvalue weighted by atomic mass is 35.5. The molecule has 11 nitrogen and oxygen atoms in total. The molecule has 1 aliphatic rings. The number of aromatic nitrogens is 4. The number of anilines is 2. The number of hydrogen-bond donors (Lipinski definition) is 1. The van der Waals surface area contributed by atoms with Crippen LogP contribution in [-0.4, -0.2) is 73.4 Å². The molecule has 1 aliphatic heterocycles. The van der Waals surface area contributed by atoms with Gasteiger partial charge in [0.1, 0.15) is 21.4 Å². The first-order valence-corrected chi connectivity index (χ1v) is 14.5. The van der Waals surface area contributed by atoms with Gasteiger partial charge < -0.3 is 19.3 Å². The molecule has 1 saturated heterocycles. The fraction of sp³-hybridized carbons (Fsp3) is 0.296. The van der Waals surface area contributed by atoms with Gasteiger partial charge in [-0.05, 0) is 31.7 Å². The predicted molar refractivity (Wildman–Crippen MR) is 154 cm³/mol. The van der Waals surface area contributed by atoms with Crippen LogP contribution in [0, 0.1) is 6.92 Å². The third-order valence-corrected chi connectivity index (χ3v) is 8.31. The lowest BCUT2D eigenvalue weighted by Crippen LogP contribution is -2.44. The van der Waals surface area contributed by atoms with E-state index in [9.17, 15) is 8.42 Å². The number of sulfonamides is 1. The van der Waals surface area contributed by atoms with Crippen LogP contribution in [0.4, 0.5) is 11.6 Å². The monoisotopic (exact) mass is 583 g/mol. The maximum Gasteiger partial charge on any atom is 0.268 e. The average molecular weight is 584 g/mol. The molecule has 0 aliphatic carbocycles. The Morgan fingerprint density at radius 1 is 1.00 bits per heavy atom. The van der Waals surface area contributed by atoms with Crippen LogP contribution in [-0.2, 0) is 17.1 Å². The highest BCUT2D eigenvalue weighted by molar-refractivity contribution is 7.92. The Bertz CT molecular complexity index is 1640. The summed E-state index contributed by atoms with van der Waals surface area (Å²) in [5.41, 5.74) is 2.84. The maximum absolute atomic E-state index is 13.1. The summed E-state index contributed by atoms with van der Waals surface area (Å²) in [7, 11) is 1.16. The molecule has 1 N–H and O–H groups in total. The van der Waals surface area contributed by atoms with Gasteiger partial charge in [0, 0.05) is 45.0 Å². The molecule has 2 aromatic carbocycles. The number of halogens is 1. The molecule has 13 heteroatoms. The Balaban J connectivity index is 1.59. The van der Waals surface area contributed by atoms with Gasteiger partial charge in [0.15, 0.2) is 0 Å². The van der Waals surface area contributed by atoms with Crippen molar-refractivity contribution in [3.63, 3.8) is 0 Å². The molecule has 40 heavy (non-hydrogen) atoms. The van der Waals surface area contributed by atoms with Crippen LogP contribution in [0.1, 0.15) is 5.56 Å². The summed E-state index contributed by atoms with van der Waals surface area (Å²) >= 11 is 6.85. The van der Waals surface area contributed by atoms with Gasteiger partial charge in [0.25, 0.3) is 15.9 Å². The van der Waals surface area contributed by atoms with Crippen molar-refractivity contribution in [2.45, 2.75) is 11.8 Å². The third-order valence-electron chi connectivity index (χ3n) is 6.65. The van der Waals surface area contributed by atoms with Gasteiger partial charge in [0.05, 0.1) is 19.0 Å². The first-order valence-electron chi connectivity index (χ1n) is 12.6. The number of piperazine rings is 1. The van der Waals surface area contributed by atoms with E-state index < -0.39 is 10.0 Å². The first kappa shape index (κ1) is 27.7. The topological polar surface area (TPSA) is 115 Å². The molecular formula is C27H30ClN7O4S. The summed E-state index contributed by atoms with van der Waals surface area (Å²) in [6.07, 6.45) is 2.63. The normalized spacial score (nSPS) is 14.3. The number of likely N-dealkylation sites (N-methyl/N-ethyl adjacent to an activating group) is 1. The molecule has 5 rings (SSSR count). The van der Waals surface area contributed by atoms with Crippen molar-refractivity contribution in [1.29, 1.82) is 0 Å². The first-order chi connectivity index (χ1) is 19.2. The van der Waals surface area contributed by atoms with Gasteiger partial charge in [-0.1, -0.05) is 41.9 Å². The largest absolute Gasteiger partial charge is 0.490 e. The molecule has 4 aromatic rings. The van der Waals surface area contributed by atoms with E-state index in [0.29, 0.717) is 16.5 Å². The summed E-state index contributed by atoms with van der Waals surface area (Å²) in [5.74, 6) is 0.410. The van der Waals surface area contributed by atoms with Crippen LogP contribution >= 0.6 is 11.6 Å². The minimum atomic E-state index is -4.04. The number of rotatable bonds is 8. The van der Waals surface area contributed by atoms with Gasteiger partial charge in [-0.2, -0.15) is 10.1 Å². The second-order valence-electron chi connectivity index (χ2n) is 9.49. The third kappa shape index (κ3) is 5.69. The number of nitrogens with zero attached hydrogens (tertiary/aromatic N) is 6. The van der Waals surface area contributed by atoms with E-state index >= 15 is 0 Å². The summed E-state index contributed by atoms with van der Waals surface area (Å²) in [4.78, 5) is 13.4. The van der Waals surface area contributed by atoms with Gasteiger partial charge in [0.2, 0.25) is 11.7 Å². The molecule has 210 valence electrons. The number of ether oxygens (including phenoxy) is 2. The Kier molecular flexibility index (Phi) is 7.83. The quantitative estimate of drug-likeness (QED) is 0.326. The number of benzene rings is 2. The maximum atomic E-state index is 13.1. The van der Waals surface area contributed by atoms with Crippen molar-refractivity contribution in [3.05, 3.63) is 65.4 Å². The zero-order chi connectivity index (χ0) is 28.4. The number of hydrogen-bond acceptors (Lipinski definition) is 9. The number of methoxy groups -OCH3 is 1. The average Bonchev–Trinajstić information content (AvgIpc) is 3.38. The minimum Gasteiger partial charge on any atom is -0.490 e. The molecule has 2 aromatic heterocycles. The summed E-state index contributed by atoms with van der Waals surface area (Å²) < 4.78 is 42.0. The predicted octanol–water partition coefficient (Wildman–Crippen LogP) is 4.19. The molecule has 0 amide bonds. The van der Waals surface area contributed by atoms with Crippen LogP contribution < -0.4 is 19.1 Å². The highest BCUT2D eigenvalue weighted by Crippen LogP contribution is 2.43. The minimum absolute atomic E-state index is 0.0112. The number of aryl methyl sites for hydroxylation is 2. The Labute approximate surface area is 238 Å². The van der Waals surface area contributed by atoms with Gasteiger partial charge in [-0.15, -0.1) is 0 Å². The Hall–Kier alpha value is -3.87. The van der Waals surface area contributed by atoms with Crippen molar-refractivity contribution < 1.29 is 17.9 Å². The van der Waals surface area contributed by atoms with Crippen LogP contribution in [0.3, 0.4) is 0 Å². The van der Waals surface area contributed by atoms with Gasteiger partial charge in [-0.3, -0.25) is 4.68 Å². The molecular weight excluding hydrogens is 554 g/mol. The number of nitrogens with one attached hydrogen (secondary N) is 1. The lowest BCUT2D eigenvalue weighted by atomic mass is 10.1. The van der Waals surface area contributed by atoms with E-state index in [1.165, 1.54) is 24.2 Å². The molecule has 0 radical (unpaired) electrons. The van der Waals surface area contributed by atoms with E-state index in [-0.39, 0.29) is 22.5 Å². The molecule has 0 saturated carbocycles. The van der Waals surface area contributed by atoms with Gasteiger partial charge >= 0.3 is 0 Å². The zero-order valence-electron chi connectivity index (χ0n) is 22.6. The van der Waals surface area contributed by atoms with E-state index in [0.717, 1.165) is 43.0 Å². The standard InChI is InChI=1S/C27H30ClN7O4S/c1-18-8-5-6-9-20(18)24-25(38-4)26(31-27(30-24)32-40(36,37)19-16-29-34(3)17-19)39-22-11-7-10-21(23(22)28)35-14-12-33(2)13-15-35/h5-11,16-17H,12-15H2,1-4H3,(H,30,31,32). The van der Waals surface area contributed by atoms with Crippen LogP contribution in [0.25, 0.3) is 11.3 Å². The van der Waals surface area contributed by atoms with Crippen molar-refractivity contribution in [3.8, 4) is 28.6 Å². The van der Waals surface area contributed by atoms with Gasteiger partial charge in [-0.25, -0.2) is 18.1 Å². The second-order valence-corrected chi connectivity index (χ2v) is 11.5. The molecule has 3 heterocycles. The molecule has 0 bridgehead atoms. The van der Waals surface area contributed by atoms with Crippen LogP contribution in [0.2, 0.25) is 5.02 Å². The summed E-state index contributed by atoms with van der Waals surface area (Å²) in [6, 6.07) is 13.1. The van der Waals surface area contributed by atoms with Crippen LogP contribution in [0.15, 0.2) is 59.8 Å². The van der Waals surface area contributed by atoms with Crippen LogP contribution in [0.5, 0.6) is 17.4 Å². The Morgan fingerprint density at radius 3 is 2.42 bits per heavy atom. The molecule has 0 spiro atoms. The SMILES string of the molecule is COc1c(Oc2cccc(N3CCN(C)CC3)c2Cl)nc(NS(=O)(=O)c2cnn(C)c2)nc1-c1ccccc1C. The molecule has 0 atom stereocenters. The summed E-state index contributed by atoms with van der Waals surface area (Å²) in [5, 5.41) is 4.37. The van der Waals surface area contributed by atoms with Crippen molar-refractivity contribution in [2.24, 2.45) is 7.05 Å². The fourth-order valence-electron chi connectivity index (χ4n) is 4.44. The lowest BCUT2D eigenvalue weighted by Gasteiger charge is -2.34. The van der Waals surface area contributed by atoms with Crippen molar-refractivity contribution >= 4 is 33.3 Å².